The minimum Gasteiger partial charge on any atom is -0.489 e. The fourth-order valence-corrected chi connectivity index (χ4v) is 4.36. The Hall–Kier alpha value is -4.46. The summed E-state index contributed by atoms with van der Waals surface area (Å²) in [6.07, 6.45) is 1.46. The lowest BCUT2D eigenvalue weighted by molar-refractivity contribution is -0.113. The number of halogens is 1. The molecule has 0 saturated heterocycles. The molecule has 1 aromatic heterocycles. The van der Waals surface area contributed by atoms with Crippen LogP contribution < -0.4 is 15.4 Å². The number of hydrogen-bond donors (Lipinski definition) is 2. The van der Waals surface area contributed by atoms with Crippen molar-refractivity contribution in [3.8, 4) is 5.75 Å². The number of allylic oxidation sites excluding steroid dienone is 1. The number of aromatic nitrogens is 3. The lowest BCUT2D eigenvalue weighted by Gasteiger charge is -2.29. The SMILES string of the molecule is CC1=C(C(=O)Nc2ccc(C)cc2C)C(c2cccc(OCc3ccc(F)cc3)c2)n2ncnc2N1. The van der Waals surface area contributed by atoms with E-state index in [1.54, 1.807) is 16.8 Å². The Morgan fingerprint density at radius 2 is 1.89 bits per heavy atom. The quantitative estimate of drug-likeness (QED) is 0.376. The first-order valence-corrected chi connectivity index (χ1v) is 11.6. The smallest absolute Gasteiger partial charge is 0.255 e. The van der Waals surface area contributed by atoms with E-state index in [0.717, 1.165) is 27.9 Å². The van der Waals surface area contributed by atoms with E-state index in [0.29, 0.717) is 29.6 Å². The highest BCUT2D eigenvalue weighted by Crippen LogP contribution is 2.36. The molecule has 0 saturated carbocycles. The van der Waals surface area contributed by atoms with Crippen molar-refractivity contribution in [2.75, 3.05) is 10.6 Å². The Balaban J connectivity index is 1.46. The van der Waals surface area contributed by atoms with E-state index >= 15 is 0 Å². The van der Waals surface area contributed by atoms with Crippen LogP contribution in [0.4, 0.5) is 16.0 Å². The third-order valence-electron chi connectivity index (χ3n) is 6.16. The number of amides is 1. The number of carbonyl (C=O) groups excluding carboxylic acids is 1. The molecule has 2 N–H and O–H groups in total. The number of aryl methyl sites for hydroxylation is 2. The van der Waals surface area contributed by atoms with E-state index in [4.69, 9.17) is 4.74 Å². The van der Waals surface area contributed by atoms with Gasteiger partial charge in [-0.25, -0.2) is 9.07 Å². The van der Waals surface area contributed by atoms with Crippen LogP contribution in [-0.4, -0.2) is 20.7 Å². The van der Waals surface area contributed by atoms with Gasteiger partial charge >= 0.3 is 0 Å². The lowest BCUT2D eigenvalue weighted by atomic mass is 9.94. The number of fused-ring (bicyclic) bond motifs is 1. The van der Waals surface area contributed by atoms with E-state index < -0.39 is 6.04 Å². The van der Waals surface area contributed by atoms with Gasteiger partial charge in [-0.2, -0.15) is 10.1 Å². The van der Waals surface area contributed by atoms with Crippen LogP contribution in [0.25, 0.3) is 0 Å². The van der Waals surface area contributed by atoms with Crippen LogP contribution in [0.5, 0.6) is 5.75 Å². The van der Waals surface area contributed by atoms with E-state index in [2.05, 4.69) is 20.7 Å². The third kappa shape index (κ3) is 4.70. The van der Waals surface area contributed by atoms with Gasteiger partial charge in [0.15, 0.2) is 0 Å². The van der Waals surface area contributed by atoms with E-state index in [1.165, 1.54) is 18.5 Å². The predicted octanol–water partition coefficient (Wildman–Crippen LogP) is 5.54. The second-order valence-corrected chi connectivity index (χ2v) is 8.85. The summed E-state index contributed by atoms with van der Waals surface area (Å²) in [5, 5.41) is 10.7. The predicted molar refractivity (Wildman–Crippen MR) is 136 cm³/mol. The molecule has 1 unspecified atom stereocenters. The highest BCUT2D eigenvalue weighted by atomic mass is 19.1. The maximum absolute atomic E-state index is 13.6. The van der Waals surface area contributed by atoms with Crippen molar-refractivity contribution in [1.29, 1.82) is 0 Å². The lowest BCUT2D eigenvalue weighted by Crippen LogP contribution is -2.31. The van der Waals surface area contributed by atoms with Crippen LogP contribution >= 0.6 is 0 Å². The first-order valence-electron chi connectivity index (χ1n) is 11.6. The maximum Gasteiger partial charge on any atom is 0.255 e. The molecule has 182 valence electrons. The first-order chi connectivity index (χ1) is 17.4. The van der Waals surface area contributed by atoms with Crippen molar-refractivity contribution in [1.82, 2.24) is 14.8 Å². The zero-order valence-corrected chi connectivity index (χ0v) is 20.2. The summed E-state index contributed by atoms with van der Waals surface area (Å²) >= 11 is 0. The number of anilines is 2. The van der Waals surface area contributed by atoms with Gasteiger partial charge in [-0.1, -0.05) is 42.0 Å². The van der Waals surface area contributed by atoms with Gasteiger partial charge in [0.05, 0.1) is 5.57 Å². The Labute approximate surface area is 208 Å². The molecule has 0 aliphatic carbocycles. The Morgan fingerprint density at radius 1 is 1.08 bits per heavy atom. The molecule has 5 rings (SSSR count). The summed E-state index contributed by atoms with van der Waals surface area (Å²) in [4.78, 5) is 17.9. The van der Waals surface area contributed by atoms with Crippen LogP contribution in [0.3, 0.4) is 0 Å². The van der Waals surface area contributed by atoms with E-state index in [1.807, 2.05) is 63.2 Å². The van der Waals surface area contributed by atoms with Gasteiger partial charge in [-0.05, 0) is 67.8 Å². The van der Waals surface area contributed by atoms with Gasteiger partial charge in [0.1, 0.15) is 30.5 Å². The molecule has 1 amide bonds. The van der Waals surface area contributed by atoms with Gasteiger partial charge in [0.2, 0.25) is 5.95 Å². The standard InChI is InChI=1S/C28H26FN5O2/c1-17-7-12-24(18(2)13-17)33-27(35)25-19(3)32-28-30-16-31-34(28)26(25)21-5-4-6-23(14-21)36-15-20-8-10-22(29)11-9-20/h4-14,16,26H,15H2,1-3H3,(H,33,35)(H,30,31,32). The zero-order chi connectivity index (χ0) is 25.2. The summed E-state index contributed by atoms with van der Waals surface area (Å²) in [5.41, 5.74) is 5.77. The summed E-state index contributed by atoms with van der Waals surface area (Å²) in [7, 11) is 0. The zero-order valence-electron chi connectivity index (χ0n) is 20.2. The molecule has 36 heavy (non-hydrogen) atoms. The number of rotatable bonds is 6. The molecule has 1 aliphatic heterocycles. The second-order valence-electron chi connectivity index (χ2n) is 8.85. The van der Waals surface area contributed by atoms with Crippen LogP contribution in [-0.2, 0) is 11.4 Å². The maximum atomic E-state index is 13.6. The van der Waals surface area contributed by atoms with Crippen molar-refractivity contribution in [3.63, 3.8) is 0 Å². The number of hydrogen-bond acceptors (Lipinski definition) is 5. The summed E-state index contributed by atoms with van der Waals surface area (Å²) in [6, 6.07) is 19.2. The Bertz CT molecular complexity index is 1460. The monoisotopic (exact) mass is 483 g/mol. The molecular formula is C28H26FN5O2. The van der Waals surface area contributed by atoms with Crippen molar-refractivity contribution in [2.45, 2.75) is 33.4 Å². The molecule has 0 spiro atoms. The average Bonchev–Trinajstić information content (AvgIpc) is 3.32. The van der Waals surface area contributed by atoms with Crippen LogP contribution in [0, 0.1) is 19.7 Å². The molecule has 2 heterocycles. The summed E-state index contributed by atoms with van der Waals surface area (Å²) in [6.45, 7) is 6.14. The van der Waals surface area contributed by atoms with Crippen molar-refractivity contribution < 1.29 is 13.9 Å². The van der Waals surface area contributed by atoms with E-state index in [-0.39, 0.29) is 11.7 Å². The molecule has 8 heteroatoms. The van der Waals surface area contributed by atoms with Crippen molar-refractivity contribution in [3.05, 3.63) is 112 Å². The fraction of sp³-hybridized carbons (Fsp3) is 0.179. The van der Waals surface area contributed by atoms with Crippen LogP contribution in [0.1, 0.15) is 35.2 Å². The summed E-state index contributed by atoms with van der Waals surface area (Å²) < 4.78 is 20.9. The highest BCUT2D eigenvalue weighted by Gasteiger charge is 2.33. The number of ether oxygens (including phenoxy) is 1. The second kappa shape index (κ2) is 9.65. The van der Waals surface area contributed by atoms with Gasteiger partial charge in [-0.15, -0.1) is 0 Å². The van der Waals surface area contributed by atoms with Gasteiger partial charge in [0, 0.05) is 11.4 Å². The molecular weight excluding hydrogens is 457 g/mol. The molecule has 7 nitrogen and oxygen atoms in total. The number of nitrogens with one attached hydrogen (secondary N) is 2. The first kappa shape index (κ1) is 23.3. The molecule has 1 aliphatic rings. The minimum absolute atomic E-state index is 0.226. The van der Waals surface area contributed by atoms with Crippen molar-refractivity contribution >= 4 is 17.5 Å². The number of carbonyl (C=O) groups is 1. The number of benzene rings is 3. The topological polar surface area (TPSA) is 81.1 Å². The molecule has 0 bridgehead atoms. The molecule has 0 fully saturated rings. The number of nitrogens with zero attached hydrogens (tertiary/aromatic N) is 3. The summed E-state index contributed by atoms with van der Waals surface area (Å²) in [5.74, 6) is 0.668. The van der Waals surface area contributed by atoms with Gasteiger partial charge in [-0.3, -0.25) is 4.79 Å². The Kier molecular flexibility index (Phi) is 6.25. The van der Waals surface area contributed by atoms with E-state index in [9.17, 15) is 9.18 Å². The average molecular weight is 484 g/mol. The Morgan fingerprint density at radius 3 is 2.67 bits per heavy atom. The highest BCUT2D eigenvalue weighted by molar-refractivity contribution is 6.06. The van der Waals surface area contributed by atoms with Crippen LogP contribution in [0.2, 0.25) is 0 Å². The molecule has 4 aromatic rings. The minimum atomic E-state index is -0.510. The largest absolute Gasteiger partial charge is 0.489 e. The fourth-order valence-electron chi connectivity index (χ4n) is 4.36. The van der Waals surface area contributed by atoms with Crippen LogP contribution in [0.15, 0.2) is 84.3 Å². The molecule has 1 atom stereocenters. The van der Waals surface area contributed by atoms with Gasteiger partial charge < -0.3 is 15.4 Å². The molecule has 3 aromatic carbocycles. The normalized spacial score (nSPS) is 14.7. The van der Waals surface area contributed by atoms with Gasteiger partial charge in [0.25, 0.3) is 5.91 Å². The molecule has 0 radical (unpaired) electrons. The third-order valence-corrected chi connectivity index (χ3v) is 6.16. The van der Waals surface area contributed by atoms with Crippen molar-refractivity contribution in [2.24, 2.45) is 0 Å².